The van der Waals surface area contributed by atoms with Gasteiger partial charge in [-0.1, -0.05) is 12.1 Å². The minimum absolute atomic E-state index is 0.0256. The Balaban J connectivity index is 2.11. The summed E-state index contributed by atoms with van der Waals surface area (Å²) in [7, 11) is 1.26. The van der Waals surface area contributed by atoms with Gasteiger partial charge in [-0.3, -0.25) is 20.2 Å². The fourth-order valence-electron chi connectivity index (χ4n) is 2.21. The lowest BCUT2D eigenvalue weighted by Crippen LogP contribution is -2.34. The molecule has 0 atom stereocenters. The van der Waals surface area contributed by atoms with E-state index in [1.165, 1.54) is 32.2 Å². The molecule has 0 aliphatic heterocycles. The summed E-state index contributed by atoms with van der Waals surface area (Å²) in [5.41, 5.74) is 1.15. The lowest BCUT2D eigenvalue weighted by atomic mass is 10.1. The van der Waals surface area contributed by atoms with Gasteiger partial charge in [0.25, 0.3) is 11.6 Å². The highest BCUT2D eigenvalue weighted by molar-refractivity contribution is 7.80. The molecule has 0 aliphatic rings. The number of nitrogens with zero attached hydrogens (tertiary/aromatic N) is 1. The van der Waals surface area contributed by atoms with Gasteiger partial charge in [0.1, 0.15) is 0 Å². The molecule has 0 unspecified atom stereocenters. The predicted molar refractivity (Wildman–Crippen MR) is 99.3 cm³/mol. The molecule has 26 heavy (non-hydrogen) atoms. The molecule has 134 valence electrons. The smallest absolute Gasteiger partial charge is 0.339 e. The second kappa shape index (κ2) is 8.17. The van der Waals surface area contributed by atoms with Crippen molar-refractivity contribution in [3.05, 3.63) is 69.3 Å². The summed E-state index contributed by atoms with van der Waals surface area (Å²) in [6.45, 7) is 1.54. The topological polar surface area (TPSA) is 111 Å². The Labute approximate surface area is 154 Å². The van der Waals surface area contributed by atoms with Crippen LogP contribution in [0.15, 0.2) is 42.5 Å². The number of aryl methyl sites for hydroxylation is 1. The Morgan fingerprint density at radius 2 is 1.88 bits per heavy atom. The summed E-state index contributed by atoms with van der Waals surface area (Å²) in [5, 5.41) is 16.0. The van der Waals surface area contributed by atoms with Crippen molar-refractivity contribution in [3.63, 3.8) is 0 Å². The number of nitro benzene ring substituents is 1. The van der Waals surface area contributed by atoms with Gasteiger partial charge in [-0.15, -0.1) is 0 Å². The highest BCUT2D eigenvalue weighted by atomic mass is 32.1. The van der Waals surface area contributed by atoms with Crippen LogP contribution in [0.1, 0.15) is 26.3 Å². The summed E-state index contributed by atoms with van der Waals surface area (Å²) in [4.78, 5) is 34.3. The van der Waals surface area contributed by atoms with E-state index in [-0.39, 0.29) is 21.9 Å². The summed E-state index contributed by atoms with van der Waals surface area (Å²) in [6, 6.07) is 10.5. The second-order valence-electron chi connectivity index (χ2n) is 5.20. The molecule has 0 saturated carbocycles. The zero-order chi connectivity index (χ0) is 19.3. The third-order valence-electron chi connectivity index (χ3n) is 3.46. The SMILES string of the molecule is COC(=O)c1ccccc1NC(=S)NC(=O)c1ccc([N+](=O)[O-])c(C)c1. The largest absolute Gasteiger partial charge is 0.465 e. The number of benzene rings is 2. The van der Waals surface area contributed by atoms with Crippen LogP contribution in [0, 0.1) is 17.0 Å². The Bertz CT molecular complexity index is 898. The van der Waals surface area contributed by atoms with Gasteiger partial charge in [-0.2, -0.15) is 0 Å². The minimum Gasteiger partial charge on any atom is -0.465 e. The van der Waals surface area contributed by atoms with Crippen LogP contribution in [0.4, 0.5) is 11.4 Å². The normalized spacial score (nSPS) is 9.92. The van der Waals surface area contributed by atoms with E-state index in [1.807, 2.05) is 0 Å². The Morgan fingerprint density at radius 1 is 1.19 bits per heavy atom. The molecule has 0 aromatic heterocycles. The molecule has 1 amide bonds. The molecule has 9 heteroatoms. The number of para-hydroxylation sites is 1. The maximum atomic E-state index is 12.3. The molecule has 0 saturated heterocycles. The highest BCUT2D eigenvalue weighted by Gasteiger charge is 2.16. The number of ether oxygens (including phenoxy) is 1. The van der Waals surface area contributed by atoms with Gasteiger partial charge < -0.3 is 10.1 Å². The summed E-state index contributed by atoms with van der Waals surface area (Å²) in [6.07, 6.45) is 0. The molecule has 0 radical (unpaired) electrons. The van der Waals surface area contributed by atoms with Gasteiger partial charge >= 0.3 is 5.97 Å². The fourth-order valence-corrected chi connectivity index (χ4v) is 2.41. The van der Waals surface area contributed by atoms with Gasteiger partial charge in [0.15, 0.2) is 5.11 Å². The number of rotatable bonds is 4. The first kappa shape index (κ1) is 19.0. The number of thiocarbonyl (C=S) groups is 1. The van der Waals surface area contributed by atoms with Crippen LogP contribution in [-0.2, 0) is 4.74 Å². The second-order valence-corrected chi connectivity index (χ2v) is 5.61. The molecule has 2 rings (SSSR count). The minimum atomic E-state index is -0.548. The van der Waals surface area contributed by atoms with Gasteiger partial charge in [0.2, 0.25) is 0 Å². The van der Waals surface area contributed by atoms with E-state index in [0.717, 1.165) is 0 Å². The van der Waals surface area contributed by atoms with Crippen molar-refractivity contribution < 1.29 is 19.2 Å². The van der Waals surface area contributed by atoms with Crippen molar-refractivity contribution in [1.29, 1.82) is 0 Å². The molecule has 0 spiro atoms. The number of esters is 1. The first-order valence-corrected chi connectivity index (χ1v) is 7.79. The van der Waals surface area contributed by atoms with E-state index in [0.29, 0.717) is 11.3 Å². The third kappa shape index (κ3) is 4.39. The molecule has 2 aromatic rings. The van der Waals surface area contributed by atoms with Crippen molar-refractivity contribution in [2.24, 2.45) is 0 Å². The number of carbonyl (C=O) groups is 2. The number of hydrogen-bond acceptors (Lipinski definition) is 6. The first-order chi connectivity index (χ1) is 12.3. The quantitative estimate of drug-likeness (QED) is 0.367. The Hall–Kier alpha value is -3.33. The average Bonchev–Trinajstić information content (AvgIpc) is 2.60. The zero-order valence-electron chi connectivity index (χ0n) is 13.9. The van der Waals surface area contributed by atoms with Gasteiger partial charge in [0, 0.05) is 17.2 Å². The third-order valence-corrected chi connectivity index (χ3v) is 3.67. The molecule has 8 nitrogen and oxygen atoms in total. The Morgan fingerprint density at radius 3 is 2.50 bits per heavy atom. The highest BCUT2D eigenvalue weighted by Crippen LogP contribution is 2.19. The van der Waals surface area contributed by atoms with Gasteiger partial charge in [0.05, 0.1) is 23.3 Å². The molecule has 0 aliphatic carbocycles. The maximum Gasteiger partial charge on any atom is 0.339 e. The van der Waals surface area contributed by atoms with Crippen molar-refractivity contribution in [2.45, 2.75) is 6.92 Å². The van der Waals surface area contributed by atoms with Gasteiger partial charge in [-0.05, 0) is 43.4 Å². The van der Waals surface area contributed by atoms with Crippen LogP contribution < -0.4 is 10.6 Å². The van der Waals surface area contributed by atoms with E-state index in [1.54, 1.807) is 24.3 Å². The van der Waals surface area contributed by atoms with Crippen LogP contribution in [-0.4, -0.2) is 29.0 Å². The van der Waals surface area contributed by atoms with Gasteiger partial charge in [-0.25, -0.2) is 4.79 Å². The number of amides is 1. The van der Waals surface area contributed by atoms with Crippen LogP contribution in [0.25, 0.3) is 0 Å². The lowest BCUT2D eigenvalue weighted by Gasteiger charge is -2.12. The molecule has 0 fully saturated rings. The van der Waals surface area contributed by atoms with E-state index < -0.39 is 16.8 Å². The van der Waals surface area contributed by atoms with E-state index in [2.05, 4.69) is 15.4 Å². The number of nitro groups is 1. The summed E-state index contributed by atoms with van der Waals surface area (Å²) in [5.74, 6) is -1.08. The van der Waals surface area contributed by atoms with Crippen LogP contribution >= 0.6 is 12.2 Å². The van der Waals surface area contributed by atoms with E-state index in [9.17, 15) is 19.7 Å². The van der Waals surface area contributed by atoms with E-state index in [4.69, 9.17) is 12.2 Å². The maximum absolute atomic E-state index is 12.3. The first-order valence-electron chi connectivity index (χ1n) is 7.38. The van der Waals surface area contributed by atoms with Crippen LogP contribution in [0.5, 0.6) is 0 Å². The summed E-state index contributed by atoms with van der Waals surface area (Å²) >= 11 is 5.09. The lowest BCUT2D eigenvalue weighted by molar-refractivity contribution is -0.385. The van der Waals surface area contributed by atoms with Crippen molar-refractivity contribution in [3.8, 4) is 0 Å². The monoisotopic (exact) mass is 373 g/mol. The van der Waals surface area contributed by atoms with Crippen molar-refractivity contribution in [1.82, 2.24) is 5.32 Å². The van der Waals surface area contributed by atoms with Crippen LogP contribution in [0.2, 0.25) is 0 Å². The number of carbonyl (C=O) groups excluding carboxylic acids is 2. The zero-order valence-corrected chi connectivity index (χ0v) is 14.8. The average molecular weight is 373 g/mol. The van der Waals surface area contributed by atoms with Crippen molar-refractivity contribution in [2.75, 3.05) is 12.4 Å². The standard InChI is InChI=1S/C17H15N3O5S/c1-10-9-11(7-8-14(10)20(23)24)15(21)19-17(26)18-13-6-4-3-5-12(13)16(22)25-2/h3-9H,1-2H3,(H2,18,19,21,26). The van der Waals surface area contributed by atoms with Crippen LogP contribution in [0.3, 0.4) is 0 Å². The van der Waals surface area contributed by atoms with E-state index >= 15 is 0 Å². The molecular weight excluding hydrogens is 358 g/mol. The Kier molecular flexibility index (Phi) is 5.97. The molecule has 0 heterocycles. The van der Waals surface area contributed by atoms with Crippen molar-refractivity contribution >= 4 is 40.6 Å². The fraction of sp³-hybridized carbons (Fsp3) is 0.118. The molecule has 0 bridgehead atoms. The molecule has 2 aromatic carbocycles. The number of hydrogen-bond donors (Lipinski definition) is 2. The predicted octanol–water partition coefficient (Wildman–Crippen LogP) is 2.82. The molecular formula is C17H15N3O5S. The number of anilines is 1. The molecule has 2 N–H and O–H groups in total. The summed E-state index contributed by atoms with van der Waals surface area (Å²) < 4.78 is 4.69. The number of nitrogens with one attached hydrogen (secondary N) is 2. The number of methoxy groups -OCH3 is 1.